The Bertz CT molecular complexity index is 631. The molecule has 0 bridgehead atoms. The smallest absolute Gasteiger partial charge is 0.194 e. The molecular weight excluding hydrogens is 345 g/mol. The second-order valence-electron chi connectivity index (χ2n) is 7.80. The van der Waals surface area contributed by atoms with Crippen molar-refractivity contribution in [3.05, 3.63) is 35.6 Å². The van der Waals surface area contributed by atoms with Crippen LogP contribution in [0.25, 0.3) is 0 Å². The zero-order valence-electron chi connectivity index (χ0n) is 16.7. The molecule has 0 amide bonds. The fourth-order valence-corrected chi connectivity index (χ4v) is 3.64. The molecule has 1 N–H and O–H groups in total. The molecule has 1 saturated carbocycles. The third-order valence-electron chi connectivity index (χ3n) is 5.49. The molecule has 3 rings (SSSR count). The largest absolute Gasteiger partial charge is 0.385 e. The number of morpholine rings is 1. The molecule has 1 aliphatic heterocycles. The van der Waals surface area contributed by atoms with Crippen LogP contribution in [0, 0.1) is 11.2 Å². The van der Waals surface area contributed by atoms with Gasteiger partial charge in [-0.3, -0.25) is 4.99 Å². The molecular formula is C21H32FN3O2. The first kappa shape index (κ1) is 20.1. The average molecular weight is 378 g/mol. The van der Waals surface area contributed by atoms with Gasteiger partial charge in [-0.1, -0.05) is 12.1 Å². The maximum atomic E-state index is 13.3. The van der Waals surface area contributed by atoms with E-state index >= 15 is 0 Å². The highest BCUT2D eigenvalue weighted by atomic mass is 19.1. The fourth-order valence-electron chi connectivity index (χ4n) is 3.64. The SMILES string of the molecule is CCNC(=NCC1(CCOC)CC1)N1CC(C)OC(c2ccc(F)cc2)C1. The van der Waals surface area contributed by atoms with Gasteiger partial charge in [-0.05, 0) is 56.2 Å². The summed E-state index contributed by atoms with van der Waals surface area (Å²) in [7, 11) is 1.76. The van der Waals surface area contributed by atoms with E-state index in [9.17, 15) is 4.39 Å². The van der Waals surface area contributed by atoms with Gasteiger partial charge in [-0.25, -0.2) is 4.39 Å². The number of ether oxygens (including phenoxy) is 2. The molecule has 0 aromatic heterocycles. The van der Waals surface area contributed by atoms with Crippen LogP contribution in [-0.2, 0) is 9.47 Å². The third kappa shape index (κ3) is 5.42. The van der Waals surface area contributed by atoms with E-state index in [1.165, 1.54) is 25.0 Å². The number of guanidine groups is 1. The number of nitrogens with zero attached hydrogens (tertiary/aromatic N) is 2. The average Bonchev–Trinajstić information content (AvgIpc) is 3.44. The first-order chi connectivity index (χ1) is 13.0. The Kier molecular flexibility index (Phi) is 6.71. The van der Waals surface area contributed by atoms with E-state index in [0.717, 1.165) is 44.2 Å². The Morgan fingerprint density at radius 2 is 2.07 bits per heavy atom. The van der Waals surface area contributed by atoms with Gasteiger partial charge in [0.25, 0.3) is 0 Å². The zero-order chi connectivity index (χ0) is 19.3. The van der Waals surface area contributed by atoms with Gasteiger partial charge in [0, 0.05) is 33.4 Å². The summed E-state index contributed by atoms with van der Waals surface area (Å²) in [6.07, 6.45) is 3.54. The number of rotatable bonds is 7. The number of aliphatic imine (C=N–C) groups is 1. The predicted molar refractivity (Wildman–Crippen MR) is 105 cm³/mol. The van der Waals surface area contributed by atoms with Crippen molar-refractivity contribution in [3.8, 4) is 0 Å². The van der Waals surface area contributed by atoms with E-state index in [2.05, 4.69) is 24.1 Å². The summed E-state index contributed by atoms with van der Waals surface area (Å²) >= 11 is 0. The van der Waals surface area contributed by atoms with E-state index in [0.29, 0.717) is 12.0 Å². The van der Waals surface area contributed by atoms with Crippen LogP contribution in [0.5, 0.6) is 0 Å². The van der Waals surface area contributed by atoms with Crippen molar-refractivity contribution >= 4 is 5.96 Å². The van der Waals surface area contributed by atoms with Crippen molar-refractivity contribution in [3.63, 3.8) is 0 Å². The number of methoxy groups -OCH3 is 1. The molecule has 2 unspecified atom stereocenters. The Morgan fingerprint density at radius 1 is 1.33 bits per heavy atom. The minimum Gasteiger partial charge on any atom is -0.385 e. The molecule has 1 heterocycles. The molecule has 150 valence electrons. The maximum Gasteiger partial charge on any atom is 0.194 e. The molecule has 1 aliphatic carbocycles. The molecule has 6 heteroatoms. The van der Waals surface area contributed by atoms with Crippen molar-refractivity contribution in [1.29, 1.82) is 0 Å². The van der Waals surface area contributed by atoms with Crippen LogP contribution in [0.3, 0.4) is 0 Å². The van der Waals surface area contributed by atoms with Crippen LogP contribution in [0.2, 0.25) is 0 Å². The molecule has 0 radical (unpaired) electrons. The lowest BCUT2D eigenvalue weighted by molar-refractivity contribution is -0.0605. The van der Waals surface area contributed by atoms with Gasteiger partial charge in [0.2, 0.25) is 0 Å². The number of hydrogen-bond donors (Lipinski definition) is 1. The lowest BCUT2D eigenvalue weighted by atomic mass is 10.0. The standard InChI is InChI=1S/C21H32FN3O2/c1-4-23-20(24-15-21(9-10-21)11-12-26-3)25-13-16(2)27-19(14-25)17-5-7-18(22)8-6-17/h5-8,16,19H,4,9-15H2,1-3H3,(H,23,24). The lowest BCUT2D eigenvalue weighted by Crippen LogP contribution is -2.51. The second-order valence-corrected chi connectivity index (χ2v) is 7.80. The Hall–Kier alpha value is -1.66. The Labute approximate surface area is 161 Å². The van der Waals surface area contributed by atoms with Crippen molar-refractivity contribution in [2.45, 2.75) is 45.3 Å². The number of hydrogen-bond acceptors (Lipinski definition) is 3. The van der Waals surface area contributed by atoms with Crippen LogP contribution < -0.4 is 5.32 Å². The molecule has 1 aromatic rings. The van der Waals surface area contributed by atoms with Gasteiger partial charge in [-0.15, -0.1) is 0 Å². The number of nitrogens with one attached hydrogen (secondary N) is 1. The summed E-state index contributed by atoms with van der Waals surface area (Å²) in [5.74, 6) is 0.726. The van der Waals surface area contributed by atoms with Gasteiger partial charge < -0.3 is 19.7 Å². The zero-order valence-corrected chi connectivity index (χ0v) is 16.7. The van der Waals surface area contributed by atoms with E-state index in [4.69, 9.17) is 14.5 Å². The van der Waals surface area contributed by atoms with Gasteiger partial charge in [0.15, 0.2) is 5.96 Å². The van der Waals surface area contributed by atoms with Gasteiger partial charge in [0.05, 0.1) is 12.6 Å². The molecule has 5 nitrogen and oxygen atoms in total. The van der Waals surface area contributed by atoms with Crippen molar-refractivity contribution in [2.24, 2.45) is 10.4 Å². The van der Waals surface area contributed by atoms with Gasteiger partial charge in [0.1, 0.15) is 11.9 Å². The predicted octanol–water partition coefficient (Wildman–Crippen LogP) is 3.37. The second kappa shape index (κ2) is 9.02. The molecule has 27 heavy (non-hydrogen) atoms. The quantitative estimate of drug-likeness (QED) is 0.585. The van der Waals surface area contributed by atoms with Gasteiger partial charge in [-0.2, -0.15) is 0 Å². The van der Waals surface area contributed by atoms with E-state index in [1.807, 2.05) is 12.1 Å². The normalized spacial score (nSPS) is 24.7. The maximum absolute atomic E-state index is 13.3. The van der Waals surface area contributed by atoms with Crippen LogP contribution in [0.1, 0.15) is 44.8 Å². The van der Waals surface area contributed by atoms with Crippen LogP contribution >= 0.6 is 0 Å². The Morgan fingerprint density at radius 3 is 2.70 bits per heavy atom. The minimum absolute atomic E-state index is 0.0819. The van der Waals surface area contributed by atoms with Gasteiger partial charge >= 0.3 is 0 Å². The first-order valence-electron chi connectivity index (χ1n) is 9.98. The minimum atomic E-state index is -0.222. The van der Waals surface area contributed by atoms with Crippen LogP contribution in [-0.4, -0.2) is 56.9 Å². The summed E-state index contributed by atoms with van der Waals surface area (Å²) in [5, 5.41) is 3.44. The van der Waals surface area contributed by atoms with Crippen LogP contribution in [0.15, 0.2) is 29.3 Å². The molecule has 1 aromatic carbocycles. The third-order valence-corrected chi connectivity index (χ3v) is 5.49. The summed E-state index contributed by atoms with van der Waals surface area (Å²) < 4.78 is 24.6. The highest BCUT2D eigenvalue weighted by Gasteiger charge is 2.42. The molecule has 2 fully saturated rings. The topological polar surface area (TPSA) is 46.1 Å². The monoisotopic (exact) mass is 377 g/mol. The van der Waals surface area contributed by atoms with E-state index < -0.39 is 0 Å². The van der Waals surface area contributed by atoms with Crippen molar-refractivity contribution < 1.29 is 13.9 Å². The summed E-state index contributed by atoms with van der Waals surface area (Å²) in [5.41, 5.74) is 1.33. The van der Waals surface area contributed by atoms with Crippen LogP contribution in [0.4, 0.5) is 4.39 Å². The van der Waals surface area contributed by atoms with E-state index in [1.54, 1.807) is 7.11 Å². The molecule has 1 saturated heterocycles. The summed E-state index contributed by atoms with van der Waals surface area (Å²) in [4.78, 5) is 7.24. The number of halogens is 1. The molecule has 2 atom stereocenters. The highest BCUT2D eigenvalue weighted by molar-refractivity contribution is 5.80. The van der Waals surface area contributed by atoms with Crippen molar-refractivity contribution in [2.75, 3.05) is 39.9 Å². The van der Waals surface area contributed by atoms with Crippen molar-refractivity contribution in [1.82, 2.24) is 10.2 Å². The first-order valence-corrected chi connectivity index (χ1v) is 9.98. The Balaban J connectivity index is 1.70. The summed E-state index contributed by atoms with van der Waals surface area (Å²) in [6.45, 7) is 8.15. The highest BCUT2D eigenvalue weighted by Crippen LogP contribution is 2.49. The lowest BCUT2D eigenvalue weighted by Gasteiger charge is -2.39. The summed E-state index contributed by atoms with van der Waals surface area (Å²) in [6, 6.07) is 6.61. The number of benzene rings is 1. The van der Waals surface area contributed by atoms with E-state index in [-0.39, 0.29) is 18.0 Å². The molecule has 0 spiro atoms. The fraction of sp³-hybridized carbons (Fsp3) is 0.667. The molecule has 2 aliphatic rings.